The zero-order valence-corrected chi connectivity index (χ0v) is 9.53. The van der Waals surface area contributed by atoms with Crippen molar-refractivity contribution in [2.75, 3.05) is 33.7 Å². The Kier molecular flexibility index (Phi) is 4.11. The Labute approximate surface area is 87.0 Å². The highest BCUT2D eigenvalue weighted by molar-refractivity contribution is 4.97. The van der Waals surface area contributed by atoms with Crippen LogP contribution in [0.1, 0.15) is 13.3 Å². The smallest absolute Gasteiger partial charge is 0.0682 e. The van der Waals surface area contributed by atoms with E-state index in [0.717, 1.165) is 26.1 Å². The fourth-order valence-corrected chi connectivity index (χ4v) is 2.11. The summed E-state index contributed by atoms with van der Waals surface area (Å²) in [5.41, 5.74) is 1.17. The molecular weight excluding hydrogens is 176 g/mol. The lowest BCUT2D eigenvalue weighted by Gasteiger charge is -2.26. The number of likely N-dealkylation sites (N-methyl/N-ethyl adjacent to an activating group) is 1. The summed E-state index contributed by atoms with van der Waals surface area (Å²) in [6.45, 7) is 8.69. The normalized spacial score (nSPS) is 28.6. The molecule has 1 fully saturated rings. The van der Waals surface area contributed by atoms with Crippen molar-refractivity contribution in [3.05, 3.63) is 12.2 Å². The maximum absolute atomic E-state index is 9.61. The van der Waals surface area contributed by atoms with Crippen molar-refractivity contribution >= 4 is 0 Å². The molecule has 1 saturated heterocycles. The van der Waals surface area contributed by atoms with E-state index in [4.69, 9.17) is 0 Å². The second kappa shape index (κ2) is 4.91. The topological polar surface area (TPSA) is 26.7 Å². The molecule has 1 aliphatic heterocycles. The highest BCUT2D eigenvalue weighted by atomic mass is 16.3. The first-order valence-corrected chi connectivity index (χ1v) is 5.20. The first-order chi connectivity index (χ1) is 6.49. The van der Waals surface area contributed by atoms with Gasteiger partial charge in [0.1, 0.15) is 0 Å². The first-order valence-electron chi connectivity index (χ1n) is 5.20. The third-order valence-electron chi connectivity index (χ3n) is 2.55. The number of nitrogens with zero attached hydrogens (tertiary/aromatic N) is 2. The van der Waals surface area contributed by atoms with Gasteiger partial charge in [-0.05, 0) is 27.4 Å². The van der Waals surface area contributed by atoms with Crippen LogP contribution in [0.25, 0.3) is 0 Å². The second-order valence-electron chi connectivity index (χ2n) is 4.69. The van der Waals surface area contributed by atoms with Gasteiger partial charge in [-0.1, -0.05) is 12.2 Å². The molecule has 0 saturated carbocycles. The van der Waals surface area contributed by atoms with E-state index in [9.17, 15) is 5.11 Å². The third kappa shape index (κ3) is 3.40. The Morgan fingerprint density at radius 1 is 1.57 bits per heavy atom. The molecule has 2 unspecified atom stereocenters. The summed E-state index contributed by atoms with van der Waals surface area (Å²) in [6.07, 6.45) is 0.741. The number of likely N-dealkylation sites (tertiary alicyclic amines) is 1. The lowest BCUT2D eigenvalue weighted by atomic mass is 10.2. The average molecular weight is 198 g/mol. The van der Waals surface area contributed by atoms with E-state index in [-0.39, 0.29) is 6.10 Å². The van der Waals surface area contributed by atoms with Gasteiger partial charge in [-0.2, -0.15) is 0 Å². The van der Waals surface area contributed by atoms with E-state index >= 15 is 0 Å². The molecule has 1 rings (SSSR count). The number of hydrogen-bond donors (Lipinski definition) is 1. The largest absolute Gasteiger partial charge is 0.392 e. The minimum atomic E-state index is -0.153. The summed E-state index contributed by atoms with van der Waals surface area (Å²) >= 11 is 0. The number of aliphatic hydroxyl groups excluding tert-OH is 1. The van der Waals surface area contributed by atoms with Crippen molar-refractivity contribution in [2.45, 2.75) is 25.5 Å². The van der Waals surface area contributed by atoms with E-state index in [1.807, 2.05) is 6.92 Å². The van der Waals surface area contributed by atoms with Gasteiger partial charge < -0.3 is 10.0 Å². The van der Waals surface area contributed by atoms with Crippen LogP contribution in [0.4, 0.5) is 0 Å². The van der Waals surface area contributed by atoms with Crippen LogP contribution < -0.4 is 0 Å². The van der Waals surface area contributed by atoms with Crippen molar-refractivity contribution < 1.29 is 5.11 Å². The maximum Gasteiger partial charge on any atom is 0.0682 e. The molecule has 0 bridgehead atoms. The van der Waals surface area contributed by atoms with Crippen LogP contribution >= 0.6 is 0 Å². The number of aliphatic hydroxyl groups is 1. The summed E-state index contributed by atoms with van der Waals surface area (Å²) in [5, 5.41) is 9.61. The first kappa shape index (κ1) is 11.7. The van der Waals surface area contributed by atoms with Crippen LogP contribution in [-0.2, 0) is 0 Å². The second-order valence-corrected chi connectivity index (χ2v) is 4.69. The Hall–Kier alpha value is -0.380. The lowest BCUT2D eigenvalue weighted by molar-refractivity contribution is 0.177. The molecule has 0 aliphatic carbocycles. The summed E-state index contributed by atoms with van der Waals surface area (Å²) in [6, 6.07) is 0.483. The van der Waals surface area contributed by atoms with Crippen molar-refractivity contribution in [2.24, 2.45) is 0 Å². The molecule has 2 atom stereocenters. The van der Waals surface area contributed by atoms with Gasteiger partial charge in [0.25, 0.3) is 0 Å². The fourth-order valence-electron chi connectivity index (χ4n) is 2.11. The summed E-state index contributed by atoms with van der Waals surface area (Å²) in [7, 11) is 4.15. The van der Waals surface area contributed by atoms with Crippen molar-refractivity contribution in [3.63, 3.8) is 0 Å². The van der Waals surface area contributed by atoms with Crippen molar-refractivity contribution in [1.29, 1.82) is 0 Å². The van der Waals surface area contributed by atoms with Crippen LogP contribution in [-0.4, -0.2) is 60.8 Å². The number of hydrogen-bond acceptors (Lipinski definition) is 3. The molecule has 3 nitrogen and oxygen atoms in total. The molecule has 0 amide bonds. The van der Waals surface area contributed by atoms with Gasteiger partial charge in [-0.25, -0.2) is 0 Å². The number of β-amino-alcohol motifs (C(OH)–C–C–N with tert-alkyl or cyclic N) is 1. The molecule has 0 spiro atoms. The zero-order valence-electron chi connectivity index (χ0n) is 9.53. The molecule has 0 aromatic carbocycles. The van der Waals surface area contributed by atoms with Gasteiger partial charge in [-0.15, -0.1) is 0 Å². The summed E-state index contributed by atoms with van der Waals surface area (Å²) in [5.74, 6) is 0. The molecule has 1 aliphatic rings. The minimum Gasteiger partial charge on any atom is -0.392 e. The monoisotopic (exact) mass is 198 g/mol. The SMILES string of the molecule is C=C(C)CN1CC(O)CC1CN(C)C. The molecular formula is C11H22N2O. The fraction of sp³-hybridized carbons (Fsp3) is 0.818. The Bertz CT molecular complexity index is 203. The van der Waals surface area contributed by atoms with Gasteiger partial charge in [0.15, 0.2) is 0 Å². The molecule has 0 aromatic rings. The molecule has 1 heterocycles. The van der Waals surface area contributed by atoms with Crippen molar-refractivity contribution in [1.82, 2.24) is 9.80 Å². The van der Waals surface area contributed by atoms with Crippen LogP contribution in [0.3, 0.4) is 0 Å². The lowest BCUT2D eigenvalue weighted by Crippen LogP contribution is -2.38. The van der Waals surface area contributed by atoms with Gasteiger partial charge in [-0.3, -0.25) is 4.90 Å². The van der Waals surface area contributed by atoms with Gasteiger partial charge in [0, 0.05) is 25.7 Å². The Morgan fingerprint density at radius 2 is 2.21 bits per heavy atom. The van der Waals surface area contributed by atoms with E-state index < -0.39 is 0 Å². The van der Waals surface area contributed by atoms with E-state index in [2.05, 4.69) is 30.5 Å². The van der Waals surface area contributed by atoms with Gasteiger partial charge >= 0.3 is 0 Å². The highest BCUT2D eigenvalue weighted by Gasteiger charge is 2.30. The molecule has 1 N–H and O–H groups in total. The van der Waals surface area contributed by atoms with Crippen LogP contribution in [0.5, 0.6) is 0 Å². The predicted octanol–water partition coefficient (Wildman–Crippen LogP) is 0.559. The van der Waals surface area contributed by atoms with E-state index in [0.29, 0.717) is 6.04 Å². The standard InChI is InChI=1S/C11H22N2O/c1-9(2)6-13-8-11(14)5-10(13)7-12(3)4/h10-11,14H,1,5-8H2,2-4H3. The van der Waals surface area contributed by atoms with Crippen LogP contribution in [0, 0.1) is 0 Å². The molecule has 14 heavy (non-hydrogen) atoms. The maximum atomic E-state index is 9.61. The van der Waals surface area contributed by atoms with Crippen LogP contribution in [0.2, 0.25) is 0 Å². The number of rotatable bonds is 4. The average Bonchev–Trinajstić information content (AvgIpc) is 2.28. The Morgan fingerprint density at radius 3 is 2.71 bits per heavy atom. The van der Waals surface area contributed by atoms with Crippen LogP contribution in [0.15, 0.2) is 12.2 Å². The molecule has 0 aromatic heterocycles. The van der Waals surface area contributed by atoms with E-state index in [1.54, 1.807) is 0 Å². The van der Waals surface area contributed by atoms with Gasteiger partial charge in [0.2, 0.25) is 0 Å². The predicted molar refractivity (Wildman–Crippen MR) is 59.4 cm³/mol. The minimum absolute atomic E-state index is 0.153. The molecule has 3 heteroatoms. The Balaban J connectivity index is 2.49. The highest BCUT2D eigenvalue weighted by Crippen LogP contribution is 2.19. The van der Waals surface area contributed by atoms with Crippen molar-refractivity contribution in [3.8, 4) is 0 Å². The third-order valence-corrected chi connectivity index (χ3v) is 2.55. The molecule has 0 radical (unpaired) electrons. The van der Waals surface area contributed by atoms with Gasteiger partial charge in [0.05, 0.1) is 6.10 Å². The quantitative estimate of drug-likeness (QED) is 0.669. The molecule has 82 valence electrons. The summed E-state index contributed by atoms with van der Waals surface area (Å²) in [4.78, 5) is 4.50. The zero-order chi connectivity index (χ0) is 10.7. The summed E-state index contributed by atoms with van der Waals surface area (Å²) < 4.78 is 0. The van der Waals surface area contributed by atoms with E-state index in [1.165, 1.54) is 5.57 Å².